The fraction of sp³-hybridized carbons (Fsp3) is 0.333. The molecule has 0 spiro atoms. The van der Waals surface area contributed by atoms with Gasteiger partial charge in [-0.25, -0.2) is 0 Å². The van der Waals surface area contributed by atoms with E-state index in [1.54, 1.807) is 12.1 Å². The second kappa shape index (κ2) is 4.97. The maximum absolute atomic E-state index is 11.9. The Kier molecular flexibility index (Phi) is 3.56. The number of phenolic OH excluding ortho intramolecular Hbond substituents is 1. The zero-order valence-electron chi connectivity index (χ0n) is 9.72. The summed E-state index contributed by atoms with van der Waals surface area (Å²) in [6.45, 7) is 0.224. The van der Waals surface area contributed by atoms with Gasteiger partial charge >= 0.3 is 5.97 Å². The highest BCUT2D eigenvalue weighted by Gasteiger charge is 2.37. The van der Waals surface area contributed by atoms with Crippen LogP contribution in [-0.2, 0) is 14.3 Å². The van der Waals surface area contributed by atoms with Gasteiger partial charge in [-0.15, -0.1) is 0 Å². The second-order valence-electron chi connectivity index (χ2n) is 4.04. The zero-order chi connectivity index (χ0) is 13.3. The van der Waals surface area contributed by atoms with Crippen molar-refractivity contribution in [1.82, 2.24) is 0 Å². The standard InChI is InChI=1S/C12H12BrNO4/c1-18-12(17)7-5-10(16)14(6-7)11-8(13)3-2-4-9(11)15/h2-4,7,15H,5-6H2,1H3. The molecule has 1 aliphatic rings. The van der Waals surface area contributed by atoms with Gasteiger partial charge in [0.2, 0.25) is 5.91 Å². The maximum atomic E-state index is 11.9. The van der Waals surface area contributed by atoms with E-state index in [0.717, 1.165) is 0 Å². The summed E-state index contributed by atoms with van der Waals surface area (Å²) >= 11 is 3.29. The lowest BCUT2D eigenvalue weighted by Crippen LogP contribution is -2.26. The van der Waals surface area contributed by atoms with Crippen molar-refractivity contribution in [2.24, 2.45) is 5.92 Å². The topological polar surface area (TPSA) is 66.8 Å². The number of halogens is 1. The van der Waals surface area contributed by atoms with Crippen LogP contribution in [-0.4, -0.2) is 30.6 Å². The number of para-hydroxylation sites is 1. The Balaban J connectivity index is 2.30. The van der Waals surface area contributed by atoms with Gasteiger partial charge in [-0.05, 0) is 28.1 Å². The van der Waals surface area contributed by atoms with E-state index in [0.29, 0.717) is 10.2 Å². The number of hydrogen-bond donors (Lipinski definition) is 1. The second-order valence-corrected chi connectivity index (χ2v) is 4.89. The highest BCUT2D eigenvalue weighted by Crippen LogP contribution is 2.38. The van der Waals surface area contributed by atoms with Crippen LogP contribution >= 0.6 is 15.9 Å². The highest BCUT2D eigenvalue weighted by atomic mass is 79.9. The van der Waals surface area contributed by atoms with Crippen molar-refractivity contribution in [1.29, 1.82) is 0 Å². The average molecular weight is 314 g/mol. The van der Waals surface area contributed by atoms with E-state index in [4.69, 9.17) is 0 Å². The van der Waals surface area contributed by atoms with Crippen LogP contribution in [0.3, 0.4) is 0 Å². The molecule has 6 heteroatoms. The van der Waals surface area contributed by atoms with Crippen LogP contribution in [0.1, 0.15) is 6.42 Å². The molecule has 1 N–H and O–H groups in total. The highest BCUT2D eigenvalue weighted by molar-refractivity contribution is 9.10. The molecule has 1 unspecified atom stereocenters. The van der Waals surface area contributed by atoms with Crippen molar-refractivity contribution in [2.45, 2.75) is 6.42 Å². The summed E-state index contributed by atoms with van der Waals surface area (Å²) in [5, 5.41) is 9.81. The van der Waals surface area contributed by atoms with Crippen molar-refractivity contribution in [3.63, 3.8) is 0 Å². The minimum atomic E-state index is -0.478. The number of carbonyl (C=O) groups excluding carboxylic acids is 2. The Hall–Kier alpha value is -1.56. The minimum absolute atomic E-state index is 0.00300. The number of nitrogens with zero attached hydrogens (tertiary/aromatic N) is 1. The van der Waals surface area contributed by atoms with E-state index < -0.39 is 11.9 Å². The Labute approximate surface area is 112 Å². The van der Waals surface area contributed by atoms with Gasteiger partial charge in [-0.1, -0.05) is 6.07 Å². The number of amides is 1. The first kappa shape index (κ1) is 12.9. The molecule has 1 aliphatic heterocycles. The monoisotopic (exact) mass is 313 g/mol. The first-order valence-corrected chi connectivity index (χ1v) is 6.19. The number of hydrogen-bond acceptors (Lipinski definition) is 4. The number of phenols is 1. The maximum Gasteiger partial charge on any atom is 0.311 e. The average Bonchev–Trinajstić information content (AvgIpc) is 2.70. The van der Waals surface area contributed by atoms with Crippen molar-refractivity contribution in [3.05, 3.63) is 22.7 Å². The lowest BCUT2D eigenvalue weighted by Gasteiger charge is -2.19. The molecule has 0 radical (unpaired) electrons. The number of benzene rings is 1. The molecule has 1 aromatic rings. The molecule has 2 rings (SSSR count). The smallest absolute Gasteiger partial charge is 0.311 e. The summed E-state index contributed by atoms with van der Waals surface area (Å²) in [7, 11) is 1.30. The van der Waals surface area contributed by atoms with Crippen LogP contribution in [0.25, 0.3) is 0 Å². The van der Waals surface area contributed by atoms with E-state index in [2.05, 4.69) is 20.7 Å². The number of carbonyl (C=O) groups is 2. The molecule has 1 atom stereocenters. The third-order valence-electron chi connectivity index (χ3n) is 2.89. The van der Waals surface area contributed by atoms with Crippen molar-refractivity contribution < 1.29 is 19.4 Å². The number of ether oxygens (including phenoxy) is 1. The summed E-state index contributed by atoms with van der Waals surface area (Å²) < 4.78 is 5.25. The van der Waals surface area contributed by atoms with Gasteiger partial charge in [0.1, 0.15) is 11.4 Å². The molecule has 5 nitrogen and oxygen atoms in total. The number of aromatic hydroxyl groups is 1. The predicted octanol–water partition coefficient (Wildman–Crippen LogP) is 1.68. The van der Waals surface area contributed by atoms with Gasteiger partial charge in [0.25, 0.3) is 0 Å². The van der Waals surface area contributed by atoms with Crippen molar-refractivity contribution in [3.8, 4) is 5.75 Å². The number of esters is 1. The van der Waals surface area contributed by atoms with Crippen molar-refractivity contribution in [2.75, 3.05) is 18.6 Å². The quantitative estimate of drug-likeness (QED) is 0.844. The van der Waals surface area contributed by atoms with E-state index >= 15 is 0 Å². The molecule has 0 aromatic heterocycles. The zero-order valence-corrected chi connectivity index (χ0v) is 11.3. The molecule has 1 saturated heterocycles. The summed E-state index contributed by atoms with van der Waals surface area (Å²) in [5.41, 5.74) is 0.397. The predicted molar refractivity (Wildman–Crippen MR) is 68.3 cm³/mol. The Morgan fingerprint density at radius 2 is 2.28 bits per heavy atom. The number of anilines is 1. The summed E-state index contributed by atoms with van der Waals surface area (Å²) in [4.78, 5) is 24.7. The first-order valence-electron chi connectivity index (χ1n) is 5.40. The van der Waals surface area contributed by atoms with Gasteiger partial charge in [-0.3, -0.25) is 9.59 Å². The molecule has 1 amide bonds. The van der Waals surface area contributed by atoms with E-state index in [1.165, 1.54) is 18.1 Å². The molecule has 0 aliphatic carbocycles. The lowest BCUT2D eigenvalue weighted by atomic mass is 10.1. The molecule has 1 aromatic carbocycles. The molecule has 1 heterocycles. The minimum Gasteiger partial charge on any atom is -0.506 e. The van der Waals surface area contributed by atoms with Gasteiger partial charge in [0.05, 0.1) is 13.0 Å². The van der Waals surface area contributed by atoms with Crippen molar-refractivity contribution >= 4 is 33.5 Å². The Morgan fingerprint density at radius 3 is 2.89 bits per heavy atom. The molecule has 96 valence electrons. The number of rotatable bonds is 2. The molecular formula is C12H12BrNO4. The fourth-order valence-electron chi connectivity index (χ4n) is 2.02. The van der Waals surface area contributed by atoms with Crippen LogP contribution in [0.15, 0.2) is 22.7 Å². The van der Waals surface area contributed by atoms with Gasteiger partial charge in [0, 0.05) is 17.4 Å². The fourth-order valence-corrected chi connectivity index (χ4v) is 2.59. The first-order chi connectivity index (χ1) is 8.54. The molecular weight excluding hydrogens is 302 g/mol. The van der Waals surface area contributed by atoms with Crippen LogP contribution in [0.5, 0.6) is 5.75 Å². The Morgan fingerprint density at radius 1 is 1.56 bits per heavy atom. The SMILES string of the molecule is COC(=O)C1CC(=O)N(c2c(O)cccc2Br)C1. The van der Waals surface area contributed by atoms with Gasteiger partial charge in [-0.2, -0.15) is 0 Å². The molecule has 0 bridgehead atoms. The number of methoxy groups -OCH3 is 1. The van der Waals surface area contributed by atoms with Crippen LogP contribution in [0.2, 0.25) is 0 Å². The van der Waals surface area contributed by atoms with Gasteiger partial charge < -0.3 is 14.7 Å². The molecule has 0 saturated carbocycles. The molecule has 18 heavy (non-hydrogen) atoms. The third kappa shape index (κ3) is 2.20. The Bertz CT molecular complexity index is 483. The van der Waals surface area contributed by atoms with E-state index in [-0.39, 0.29) is 24.6 Å². The van der Waals surface area contributed by atoms with Crippen LogP contribution in [0, 0.1) is 5.92 Å². The van der Waals surface area contributed by atoms with Crippen LogP contribution in [0.4, 0.5) is 5.69 Å². The van der Waals surface area contributed by atoms with Gasteiger partial charge in [0.15, 0.2) is 0 Å². The largest absolute Gasteiger partial charge is 0.506 e. The lowest BCUT2D eigenvalue weighted by molar-refractivity contribution is -0.145. The summed E-state index contributed by atoms with van der Waals surface area (Å²) in [6.07, 6.45) is 0.105. The summed E-state index contributed by atoms with van der Waals surface area (Å²) in [5.74, 6) is -1.08. The summed E-state index contributed by atoms with van der Waals surface area (Å²) in [6, 6.07) is 4.90. The van der Waals surface area contributed by atoms with E-state index in [1.807, 2.05) is 0 Å². The molecule has 1 fully saturated rings. The van der Waals surface area contributed by atoms with E-state index in [9.17, 15) is 14.7 Å². The third-order valence-corrected chi connectivity index (χ3v) is 3.53. The van der Waals surface area contributed by atoms with Crippen LogP contribution < -0.4 is 4.90 Å². The normalized spacial score (nSPS) is 19.1.